The molecule has 13 nitrogen and oxygen atoms in total. The number of hydrogen-bond donors (Lipinski definition) is 5. The molecule has 0 aromatic carbocycles. The largest absolute Gasteiger partial charge is 0.490 e. The summed E-state index contributed by atoms with van der Waals surface area (Å²) in [6, 6.07) is -0.588. The third-order valence-corrected chi connectivity index (χ3v) is 9.65. The fourth-order valence-corrected chi connectivity index (χ4v) is 6.57. The van der Waals surface area contributed by atoms with E-state index in [-0.39, 0.29) is 11.3 Å². The van der Waals surface area contributed by atoms with Gasteiger partial charge < -0.3 is 40.3 Å². The van der Waals surface area contributed by atoms with E-state index >= 15 is 0 Å². The molecule has 2 saturated carbocycles. The molecule has 1 saturated heterocycles. The second kappa shape index (κ2) is 13.9. The summed E-state index contributed by atoms with van der Waals surface area (Å²) in [6.45, 7) is 13.2. The first-order valence-corrected chi connectivity index (χ1v) is 15.9. The highest BCUT2D eigenvalue weighted by Crippen LogP contribution is 2.59. The number of nitrogens with one attached hydrogen (secondary N) is 2. The van der Waals surface area contributed by atoms with Gasteiger partial charge in [-0.2, -0.15) is 23.1 Å². The fraction of sp³-hybridized carbons (Fsp3) is 0.710. The van der Waals surface area contributed by atoms with E-state index < -0.39 is 36.4 Å². The molecule has 3 aliphatic rings. The maximum atomic E-state index is 12.0. The van der Waals surface area contributed by atoms with Gasteiger partial charge in [0.15, 0.2) is 17.0 Å². The highest BCUT2D eigenvalue weighted by molar-refractivity contribution is 5.84. The summed E-state index contributed by atoms with van der Waals surface area (Å²) in [5.74, 6) is -0.577. The lowest BCUT2D eigenvalue weighted by atomic mass is 10.1. The third kappa shape index (κ3) is 7.97. The summed E-state index contributed by atoms with van der Waals surface area (Å²) in [5, 5.41) is 35.3. The van der Waals surface area contributed by atoms with E-state index in [2.05, 4.69) is 68.3 Å². The molecule has 2 aliphatic carbocycles. The Kier molecular flexibility index (Phi) is 10.8. The number of hydrogen-bond acceptors (Lipinski definition) is 10. The van der Waals surface area contributed by atoms with Crippen molar-refractivity contribution in [1.82, 2.24) is 29.7 Å². The molecule has 1 amide bonds. The van der Waals surface area contributed by atoms with E-state index in [4.69, 9.17) is 24.9 Å². The molecule has 47 heavy (non-hydrogen) atoms. The summed E-state index contributed by atoms with van der Waals surface area (Å²) >= 11 is 0. The molecule has 2 aromatic rings. The zero-order valence-electron chi connectivity index (χ0n) is 27.9. The van der Waals surface area contributed by atoms with E-state index in [9.17, 15) is 28.2 Å². The van der Waals surface area contributed by atoms with Crippen LogP contribution in [0, 0.1) is 17.3 Å². The van der Waals surface area contributed by atoms with Crippen molar-refractivity contribution in [2.75, 3.05) is 43.9 Å². The summed E-state index contributed by atoms with van der Waals surface area (Å²) in [6.07, 6.45) is -1.43. The minimum absolute atomic E-state index is 0.151. The molecule has 2 aromatic heterocycles. The minimum atomic E-state index is -5.08. The molecule has 0 bridgehead atoms. The first-order valence-electron chi connectivity index (χ1n) is 15.9. The van der Waals surface area contributed by atoms with Gasteiger partial charge in [-0.15, -0.1) is 0 Å². The van der Waals surface area contributed by atoms with Crippen molar-refractivity contribution in [3.63, 3.8) is 0 Å². The van der Waals surface area contributed by atoms with Gasteiger partial charge in [-0.25, -0.2) is 9.78 Å². The number of allylic oxidation sites excluding steroid dienone is 2. The Morgan fingerprint density at radius 2 is 1.83 bits per heavy atom. The third-order valence-electron chi connectivity index (χ3n) is 9.65. The van der Waals surface area contributed by atoms with E-state index in [1.807, 2.05) is 4.57 Å². The number of aliphatic hydroxyl groups is 2. The van der Waals surface area contributed by atoms with Crippen molar-refractivity contribution in [2.24, 2.45) is 17.3 Å². The number of anilines is 2. The quantitative estimate of drug-likeness (QED) is 0.249. The Labute approximate surface area is 272 Å². The highest BCUT2D eigenvalue weighted by Gasteiger charge is 2.55. The maximum absolute atomic E-state index is 12.0. The van der Waals surface area contributed by atoms with Crippen LogP contribution in [0.4, 0.5) is 24.9 Å². The van der Waals surface area contributed by atoms with Crippen LogP contribution in [0.3, 0.4) is 0 Å². The summed E-state index contributed by atoms with van der Waals surface area (Å²) in [5.41, 5.74) is 2.82. The maximum Gasteiger partial charge on any atom is 0.490 e. The molecule has 7 atom stereocenters. The van der Waals surface area contributed by atoms with Gasteiger partial charge in [-0.05, 0) is 58.0 Å². The molecule has 5 rings (SSSR count). The number of carbonyl (C=O) groups excluding carboxylic acids is 1. The van der Waals surface area contributed by atoms with Crippen molar-refractivity contribution in [3.05, 3.63) is 18.0 Å². The number of carboxylic acids is 1. The number of alkyl halides is 3. The zero-order valence-corrected chi connectivity index (χ0v) is 27.9. The van der Waals surface area contributed by atoms with Gasteiger partial charge in [-0.3, -0.25) is 4.79 Å². The van der Waals surface area contributed by atoms with E-state index in [0.717, 1.165) is 26.1 Å². The van der Waals surface area contributed by atoms with Crippen molar-refractivity contribution in [1.29, 1.82) is 0 Å². The predicted molar refractivity (Wildman–Crippen MR) is 170 cm³/mol. The first-order chi connectivity index (χ1) is 21.9. The molecular weight excluding hydrogens is 621 g/mol. The average molecular weight is 669 g/mol. The number of amides is 1. The smallest absolute Gasteiger partial charge is 0.475 e. The van der Waals surface area contributed by atoms with Gasteiger partial charge in [-0.1, -0.05) is 32.4 Å². The minimum Gasteiger partial charge on any atom is -0.475 e. The van der Waals surface area contributed by atoms with Gasteiger partial charge in [0.2, 0.25) is 11.9 Å². The Morgan fingerprint density at radius 1 is 1.17 bits per heavy atom. The number of carboxylic acid groups (broad SMARTS) is 1. The molecule has 262 valence electrons. The van der Waals surface area contributed by atoms with Crippen LogP contribution in [-0.4, -0.2) is 116 Å². The second-order valence-corrected chi connectivity index (χ2v) is 13.7. The van der Waals surface area contributed by atoms with Gasteiger partial charge in [0.25, 0.3) is 0 Å². The summed E-state index contributed by atoms with van der Waals surface area (Å²) in [4.78, 5) is 40.0. The van der Waals surface area contributed by atoms with E-state index in [1.165, 1.54) is 5.57 Å². The van der Waals surface area contributed by atoms with Gasteiger partial charge in [0, 0.05) is 32.1 Å². The Hall–Kier alpha value is -3.50. The molecular formula is C31H47F3N8O5. The molecule has 3 fully saturated rings. The molecule has 0 unspecified atom stereocenters. The number of halogens is 3. The van der Waals surface area contributed by atoms with Crippen LogP contribution in [0.5, 0.6) is 0 Å². The molecule has 3 heterocycles. The second-order valence-electron chi connectivity index (χ2n) is 13.7. The molecule has 16 heteroatoms. The number of rotatable bonds is 9. The van der Waals surface area contributed by atoms with Gasteiger partial charge >= 0.3 is 12.1 Å². The number of fused-ring (bicyclic) bond motifs is 1. The summed E-state index contributed by atoms with van der Waals surface area (Å²) in [7, 11) is 4.20. The van der Waals surface area contributed by atoms with Crippen LogP contribution >= 0.6 is 0 Å². The first kappa shape index (κ1) is 36.3. The fourth-order valence-electron chi connectivity index (χ4n) is 6.57. The lowest BCUT2D eigenvalue weighted by Gasteiger charge is -2.22. The number of nitrogens with zero attached hydrogens (tertiary/aromatic N) is 6. The van der Waals surface area contributed by atoms with Crippen molar-refractivity contribution >= 4 is 34.8 Å². The lowest BCUT2D eigenvalue weighted by molar-refractivity contribution is -0.192. The van der Waals surface area contributed by atoms with Gasteiger partial charge in [0.05, 0.1) is 18.4 Å². The normalized spacial score (nSPS) is 28.2. The number of carbonyl (C=O) groups is 2. The number of imidazole rings is 1. The number of aromatic nitrogens is 4. The van der Waals surface area contributed by atoms with E-state index in [0.29, 0.717) is 53.6 Å². The topological polar surface area (TPSA) is 169 Å². The van der Waals surface area contributed by atoms with Crippen molar-refractivity contribution < 1.29 is 38.1 Å². The average Bonchev–Trinajstić information content (AvgIpc) is 3.49. The number of aliphatic carboxylic acids is 1. The van der Waals surface area contributed by atoms with Crippen molar-refractivity contribution in [3.8, 4) is 0 Å². The Bertz CT molecular complexity index is 1470. The Morgan fingerprint density at radius 3 is 2.38 bits per heavy atom. The van der Waals surface area contributed by atoms with Crippen LogP contribution in [0.2, 0.25) is 0 Å². The number of likely N-dealkylation sites (N-methyl/N-ethyl adjacent to an activating group) is 1. The molecule has 1 aliphatic heterocycles. The SMILES string of the molecule is CCC(=O)N[C@H]1C[C@@H](n2cnc3c(NC[C@@H]4[C@H](C=C(C)C)C4(C)C)nc(N4CC[C@@H](N(C)C)C4)nc32)[C@H](O)[C@@H]1O.O=C(O)C(F)(F)F. The predicted octanol–water partition coefficient (Wildman–Crippen LogP) is 2.81. The summed E-state index contributed by atoms with van der Waals surface area (Å²) < 4.78 is 33.6. The lowest BCUT2D eigenvalue weighted by Crippen LogP contribution is -2.42. The highest BCUT2D eigenvalue weighted by atomic mass is 19.4. The van der Waals surface area contributed by atoms with E-state index in [1.54, 1.807) is 13.3 Å². The van der Waals surface area contributed by atoms with Crippen LogP contribution in [-0.2, 0) is 9.59 Å². The molecule has 0 spiro atoms. The van der Waals surface area contributed by atoms with Crippen LogP contribution < -0.4 is 15.5 Å². The van der Waals surface area contributed by atoms with Gasteiger partial charge in [0.1, 0.15) is 12.2 Å². The molecule has 5 N–H and O–H groups in total. The standard InChI is InChI=1S/C29H46N8O3.C2HF3O2/c1-8-22(38)32-20-12-21(25(40)24(20)39)37-15-31-23-26(30-13-19-18(11-16(2)3)29(19,4)5)33-28(34-27(23)37)36-10-9-17(14-36)35(6)7;3-2(4,5)1(6)7/h11,15,17-21,24-25,39-40H,8-10,12-14H2,1-7H3,(H,32,38)(H,30,33,34);(H,6,7)/t17-,18+,19-,20+,21-,24-,25+;/m1./s1. The monoisotopic (exact) mass is 668 g/mol. The van der Waals surface area contributed by atoms with Crippen molar-refractivity contribution in [2.45, 2.75) is 90.4 Å². The zero-order chi connectivity index (χ0) is 35.0. The van der Waals surface area contributed by atoms with Crippen LogP contribution in [0.1, 0.15) is 59.9 Å². The van der Waals surface area contributed by atoms with Crippen LogP contribution in [0.25, 0.3) is 11.2 Å². The number of aliphatic hydroxyl groups excluding tert-OH is 2. The Balaban J connectivity index is 0.000000644. The molecule has 0 radical (unpaired) electrons. The van der Waals surface area contributed by atoms with Crippen LogP contribution in [0.15, 0.2) is 18.0 Å².